The highest BCUT2D eigenvalue weighted by atomic mass is 32.2. The van der Waals surface area contributed by atoms with Crippen LogP contribution >= 0.6 is 11.8 Å². The Morgan fingerprint density at radius 2 is 1.91 bits per heavy atom. The number of rotatable bonds is 7. The van der Waals surface area contributed by atoms with Crippen LogP contribution in [-0.2, 0) is 28.9 Å². The number of nitrogens with zero attached hydrogens (tertiary/aromatic N) is 2. The number of benzene rings is 2. The molecule has 1 fully saturated rings. The lowest BCUT2D eigenvalue weighted by atomic mass is 10.1. The third kappa shape index (κ3) is 5.69. The van der Waals surface area contributed by atoms with Crippen molar-refractivity contribution in [1.82, 2.24) is 10.1 Å². The number of carbonyl (C=O) groups excluding carboxylic acids is 1. The second kappa shape index (κ2) is 9.88. The summed E-state index contributed by atoms with van der Waals surface area (Å²) in [5.41, 5.74) is 1.28. The zero-order valence-electron chi connectivity index (χ0n) is 17.7. The summed E-state index contributed by atoms with van der Waals surface area (Å²) in [6, 6.07) is 13.7. The average molecular weight is 478 g/mol. The summed E-state index contributed by atoms with van der Waals surface area (Å²) >= 11 is 1.70. The maximum atomic E-state index is 12.7. The minimum Gasteiger partial charge on any atom is -0.486 e. The van der Waals surface area contributed by atoms with Gasteiger partial charge in [-0.25, -0.2) is 0 Å². The van der Waals surface area contributed by atoms with Crippen molar-refractivity contribution < 1.29 is 32.0 Å². The van der Waals surface area contributed by atoms with Gasteiger partial charge in [0.05, 0.1) is 12.7 Å². The van der Waals surface area contributed by atoms with E-state index in [1.807, 2.05) is 24.3 Å². The highest BCUT2D eigenvalue weighted by Crippen LogP contribution is 2.31. The van der Waals surface area contributed by atoms with Gasteiger partial charge in [-0.2, -0.15) is 13.2 Å². The first-order valence-corrected chi connectivity index (χ1v) is 11.2. The number of alkyl halides is 3. The van der Waals surface area contributed by atoms with E-state index in [-0.39, 0.29) is 18.6 Å². The molecule has 0 bridgehead atoms. The summed E-state index contributed by atoms with van der Waals surface area (Å²) in [5.74, 6) is 2.35. The van der Waals surface area contributed by atoms with Gasteiger partial charge in [-0.1, -0.05) is 29.4 Å². The molecule has 1 aliphatic rings. The van der Waals surface area contributed by atoms with Gasteiger partial charge in [0.1, 0.15) is 24.1 Å². The smallest absolute Gasteiger partial charge is 0.416 e. The van der Waals surface area contributed by atoms with Crippen LogP contribution in [-0.4, -0.2) is 40.8 Å². The Balaban J connectivity index is 1.32. The van der Waals surface area contributed by atoms with Gasteiger partial charge in [-0.3, -0.25) is 9.69 Å². The van der Waals surface area contributed by atoms with Crippen LogP contribution in [0.2, 0.25) is 0 Å². The van der Waals surface area contributed by atoms with Gasteiger partial charge in [0.15, 0.2) is 5.76 Å². The monoisotopic (exact) mass is 478 g/mol. The summed E-state index contributed by atoms with van der Waals surface area (Å²) in [6.07, 6.45) is -4.38. The molecule has 2 heterocycles. The van der Waals surface area contributed by atoms with Crippen molar-refractivity contribution in [2.75, 3.05) is 18.7 Å². The van der Waals surface area contributed by atoms with Crippen molar-refractivity contribution in [3.8, 4) is 17.0 Å². The van der Waals surface area contributed by atoms with Gasteiger partial charge < -0.3 is 14.0 Å². The van der Waals surface area contributed by atoms with Crippen molar-refractivity contribution in [1.29, 1.82) is 0 Å². The number of carbonyl (C=O) groups is 1. The number of ether oxygens (including phenoxy) is 2. The molecule has 6 nitrogen and oxygen atoms in total. The van der Waals surface area contributed by atoms with E-state index >= 15 is 0 Å². The van der Waals surface area contributed by atoms with Gasteiger partial charge in [-0.05, 0) is 29.8 Å². The van der Waals surface area contributed by atoms with Gasteiger partial charge in [0.2, 0.25) is 0 Å². The van der Waals surface area contributed by atoms with E-state index in [1.165, 1.54) is 19.2 Å². The van der Waals surface area contributed by atoms with Gasteiger partial charge >= 0.3 is 12.1 Å². The second-order valence-corrected chi connectivity index (χ2v) is 8.47. The van der Waals surface area contributed by atoms with Gasteiger partial charge in [0, 0.05) is 29.8 Å². The largest absolute Gasteiger partial charge is 0.486 e. The Labute approximate surface area is 192 Å². The van der Waals surface area contributed by atoms with E-state index < -0.39 is 11.7 Å². The Kier molecular flexibility index (Phi) is 6.94. The molecular formula is C23H21F3N2O4S. The lowest BCUT2D eigenvalue weighted by Gasteiger charge is -2.21. The topological polar surface area (TPSA) is 64.8 Å². The summed E-state index contributed by atoms with van der Waals surface area (Å²) in [5, 5.41) is 3.91. The number of aromatic nitrogens is 1. The quantitative estimate of drug-likeness (QED) is 0.444. The molecule has 0 aliphatic carbocycles. The fraction of sp³-hybridized carbons (Fsp3) is 0.304. The zero-order chi connectivity index (χ0) is 23.4. The lowest BCUT2D eigenvalue weighted by molar-refractivity contribution is -0.145. The highest BCUT2D eigenvalue weighted by molar-refractivity contribution is 7.99. The molecule has 0 radical (unpaired) electrons. The first kappa shape index (κ1) is 23.2. The number of hydrogen-bond acceptors (Lipinski definition) is 7. The standard InChI is InChI=1S/C23H21F3N2O4S/c1-30-22(29)21-13-33-14-28(21)11-15-2-8-18(9-3-15)31-12-19-10-20(27-32-19)16-4-6-17(7-5-16)23(24,25)26/h2-10,21H,11-14H2,1H3/t21-/m0/s1. The van der Waals surface area contributed by atoms with Crippen molar-refractivity contribution >= 4 is 17.7 Å². The van der Waals surface area contributed by atoms with Gasteiger partial charge in [0.25, 0.3) is 0 Å². The molecule has 2 aromatic carbocycles. The molecular weight excluding hydrogens is 457 g/mol. The van der Waals surface area contributed by atoms with Crippen LogP contribution in [0.4, 0.5) is 13.2 Å². The van der Waals surface area contributed by atoms with E-state index in [9.17, 15) is 18.0 Å². The Bertz CT molecular complexity index is 1080. The molecule has 1 saturated heterocycles. The molecule has 4 rings (SSSR count). The SMILES string of the molecule is COC(=O)[C@@H]1CSCN1Cc1ccc(OCc2cc(-c3ccc(C(F)(F)F)cc3)no2)cc1. The highest BCUT2D eigenvalue weighted by Gasteiger charge is 2.32. The molecule has 33 heavy (non-hydrogen) atoms. The molecule has 3 aromatic rings. The first-order valence-electron chi connectivity index (χ1n) is 10.1. The van der Waals surface area contributed by atoms with Crippen LogP contribution in [0.5, 0.6) is 5.75 Å². The van der Waals surface area contributed by atoms with E-state index in [0.29, 0.717) is 29.3 Å². The summed E-state index contributed by atoms with van der Waals surface area (Å²) in [4.78, 5) is 14.0. The van der Waals surface area contributed by atoms with Crippen molar-refractivity contribution in [2.24, 2.45) is 0 Å². The Morgan fingerprint density at radius 1 is 1.18 bits per heavy atom. The van der Waals surface area contributed by atoms with Crippen LogP contribution in [0.25, 0.3) is 11.3 Å². The Morgan fingerprint density at radius 3 is 2.58 bits per heavy atom. The first-order chi connectivity index (χ1) is 15.8. The molecule has 0 saturated carbocycles. The predicted molar refractivity (Wildman–Crippen MR) is 116 cm³/mol. The normalized spacial score (nSPS) is 16.7. The zero-order valence-corrected chi connectivity index (χ0v) is 18.5. The third-order valence-corrected chi connectivity index (χ3v) is 6.27. The van der Waals surface area contributed by atoms with Crippen LogP contribution in [0.15, 0.2) is 59.1 Å². The number of thioether (sulfide) groups is 1. The third-order valence-electron chi connectivity index (χ3n) is 5.20. The molecule has 0 unspecified atom stereocenters. The molecule has 0 amide bonds. The maximum Gasteiger partial charge on any atom is 0.416 e. The van der Waals surface area contributed by atoms with Crippen LogP contribution in [0.1, 0.15) is 16.9 Å². The number of esters is 1. The number of halogens is 3. The van der Waals surface area contributed by atoms with Crippen LogP contribution in [0.3, 0.4) is 0 Å². The molecule has 1 aromatic heterocycles. The Hall–Kier alpha value is -2.98. The van der Waals surface area contributed by atoms with E-state index in [4.69, 9.17) is 14.0 Å². The average Bonchev–Trinajstić information content (AvgIpc) is 3.47. The molecule has 0 spiro atoms. The van der Waals surface area contributed by atoms with Gasteiger partial charge in [-0.15, -0.1) is 11.8 Å². The van der Waals surface area contributed by atoms with Crippen molar-refractivity contribution in [3.05, 3.63) is 71.5 Å². The fourth-order valence-corrected chi connectivity index (χ4v) is 4.59. The number of hydrogen-bond donors (Lipinski definition) is 0. The van der Waals surface area contributed by atoms with Crippen molar-refractivity contribution in [2.45, 2.75) is 25.4 Å². The minimum absolute atomic E-state index is 0.125. The molecule has 174 valence electrons. The predicted octanol–water partition coefficient (Wildman–Crippen LogP) is 4.99. The van der Waals surface area contributed by atoms with Crippen LogP contribution in [0, 0.1) is 0 Å². The number of methoxy groups -OCH3 is 1. The minimum atomic E-state index is -4.38. The van der Waals surface area contributed by atoms with Crippen LogP contribution < -0.4 is 4.74 Å². The fourth-order valence-electron chi connectivity index (χ4n) is 3.41. The van der Waals surface area contributed by atoms with E-state index in [2.05, 4.69) is 10.1 Å². The molecule has 10 heteroatoms. The second-order valence-electron chi connectivity index (χ2n) is 7.47. The van der Waals surface area contributed by atoms with Crippen molar-refractivity contribution in [3.63, 3.8) is 0 Å². The summed E-state index contributed by atoms with van der Waals surface area (Å²) < 4.78 is 54.0. The summed E-state index contributed by atoms with van der Waals surface area (Å²) in [7, 11) is 1.40. The maximum absolute atomic E-state index is 12.7. The summed E-state index contributed by atoms with van der Waals surface area (Å²) in [6.45, 7) is 0.756. The van der Waals surface area contributed by atoms with E-state index in [0.717, 1.165) is 29.3 Å². The molecule has 1 aliphatic heterocycles. The lowest BCUT2D eigenvalue weighted by Crippen LogP contribution is -2.38. The molecule has 0 N–H and O–H groups in total. The molecule has 1 atom stereocenters. The van der Waals surface area contributed by atoms with E-state index in [1.54, 1.807) is 17.8 Å².